The molecular weight excluding hydrogens is 456 g/mol. The van der Waals surface area contributed by atoms with E-state index in [0.717, 1.165) is 18.2 Å². The van der Waals surface area contributed by atoms with Gasteiger partial charge in [-0.1, -0.05) is 6.42 Å². The smallest absolute Gasteiger partial charge is 0.354 e. The van der Waals surface area contributed by atoms with Crippen molar-refractivity contribution >= 4 is 29.9 Å². The maximum absolute atomic E-state index is 13.6. The molecule has 1 aromatic carbocycles. The van der Waals surface area contributed by atoms with E-state index in [2.05, 4.69) is 15.6 Å². The third-order valence-corrected chi connectivity index (χ3v) is 4.16. The summed E-state index contributed by atoms with van der Waals surface area (Å²) < 4.78 is 65.2. The first-order valence-electron chi connectivity index (χ1n) is 7.77. The number of hydrogen-bond donors (Lipinski definition) is 2. The van der Waals surface area contributed by atoms with E-state index in [1.807, 2.05) is 0 Å². The standard InChI is InChI=1S/C16H20F5N3.HI/c1-22-15(23-9-10-7-12(17)5-6-14(10)18)24-13-4-2-3-11(8-13)16(19,20)21;/h5-7,11,13H,2-4,8-9H2,1H3,(H2,22,23,24);1H. The first-order chi connectivity index (χ1) is 11.3. The average Bonchev–Trinajstić information content (AvgIpc) is 2.53. The summed E-state index contributed by atoms with van der Waals surface area (Å²) in [4.78, 5) is 3.93. The number of hydrogen-bond acceptors (Lipinski definition) is 1. The number of benzene rings is 1. The molecule has 0 heterocycles. The van der Waals surface area contributed by atoms with Crippen LogP contribution < -0.4 is 10.6 Å². The van der Waals surface area contributed by atoms with Crippen molar-refractivity contribution in [3.8, 4) is 0 Å². The summed E-state index contributed by atoms with van der Waals surface area (Å²) in [6.45, 7) is -0.0152. The van der Waals surface area contributed by atoms with Crippen LogP contribution in [0.1, 0.15) is 31.2 Å². The van der Waals surface area contributed by atoms with Crippen molar-refractivity contribution in [2.75, 3.05) is 7.05 Å². The molecule has 1 saturated carbocycles. The Balaban J connectivity index is 0.00000312. The zero-order chi connectivity index (χ0) is 17.7. The van der Waals surface area contributed by atoms with Gasteiger partial charge in [-0.05, 0) is 37.5 Å². The monoisotopic (exact) mass is 477 g/mol. The van der Waals surface area contributed by atoms with Crippen molar-refractivity contribution in [3.05, 3.63) is 35.4 Å². The molecule has 0 aliphatic heterocycles. The van der Waals surface area contributed by atoms with E-state index >= 15 is 0 Å². The van der Waals surface area contributed by atoms with Gasteiger partial charge in [-0.2, -0.15) is 13.2 Å². The fourth-order valence-corrected chi connectivity index (χ4v) is 2.86. The number of nitrogens with one attached hydrogen (secondary N) is 2. The highest BCUT2D eigenvalue weighted by Crippen LogP contribution is 2.37. The predicted octanol–water partition coefficient (Wildman–Crippen LogP) is 4.37. The second-order valence-corrected chi connectivity index (χ2v) is 5.91. The molecule has 2 N–H and O–H groups in total. The fraction of sp³-hybridized carbons (Fsp3) is 0.562. The van der Waals surface area contributed by atoms with Crippen LogP contribution in [-0.4, -0.2) is 25.2 Å². The lowest BCUT2D eigenvalue weighted by molar-refractivity contribution is -0.183. The number of nitrogens with zero attached hydrogens (tertiary/aromatic N) is 1. The van der Waals surface area contributed by atoms with Crippen molar-refractivity contribution in [2.24, 2.45) is 10.9 Å². The maximum atomic E-state index is 13.6. The molecule has 0 aromatic heterocycles. The van der Waals surface area contributed by atoms with E-state index in [-0.39, 0.29) is 60.9 Å². The Kier molecular flexibility index (Phi) is 8.36. The summed E-state index contributed by atoms with van der Waals surface area (Å²) in [6.07, 6.45) is -2.97. The maximum Gasteiger partial charge on any atom is 0.391 e. The molecule has 9 heteroatoms. The molecule has 2 atom stereocenters. The van der Waals surface area contributed by atoms with Gasteiger partial charge in [-0.25, -0.2) is 8.78 Å². The Labute approximate surface area is 160 Å². The van der Waals surface area contributed by atoms with Gasteiger partial charge in [0, 0.05) is 25.2 Å². The highest BCUT2D eigenvalue weighted by Gasteiger charge is 2.42. The Morgan fingerprint density at radius 1 is 1.24 bits per heavy atom. The first-order valence-corrected chi connectivity index (χ1v) is 7.77. The quantitative estimate of drug-likeness (QED) is 0.294. The minimum Gasteiger partial charge on any atom is -0.354 e. The van der Waals surface area contributed by atoms with Crippen LogP contribution in [-0.2, 0) is 6.54 Å². The Bertz CT molecular complexity index is 592. The topological polar surface area (TPSA) is 36.4 Å². The van der Waals surface area contributed by atoms with Crippen LogP contribution >= 0.6 is 24.0 Å². The minimum atomic E-state index is -4.19. The molecule has 2 unspecified atom stereocenters. The molecule has 1 aliphatic carbocycles. The van der Waals surface area contributed by atoms with E-state index in [9.17, 15) is 22.0 Å². The summed E-state index contributed by atoms with van der Waals surface area (Å²) in [5.41, 5.74) is 0.120. The molecule has 0 saturated heterocycles. The number of halogens is 6. The highest BCUT2D eigenvalue weighted by molar-refractivity contribution is 14.0. The zero-order valence-electron chi connectivity index (χ0n) is 13.7. The van der Waals surface area contributed by atoms with Gasteiger partial charge in [-0.15, -0.1) is 24.0 Å². The van der Waals surface area contributed by atoms with Crippen molar-refractivity contribution in [1.29, 1.82) is 0 Å². The number of rotatable bonds is 3. The van der Waals surface area contributed by atoms with Crippen LogP contribution in [0.2, 0.25) is 0 Å². The van der Waals surface area contributed by atoms with Crippen molar-refractivity contribution in [1.82, 2.24) is 10.6 Å². The van der Waals surface area contributed by atoms with Gasteiger partial charge in [0.25, 0.3) is 0 Å². The molecule has 25 heavy (non-hydrogen) atoms. The predicted molar refractivity (Wildman–Crippen MR) is 96.9 cm³/mol. The molecule has 2 rings (SSSR count). The van der Waals surface area contributed by atoms with E-state index in [0.29, 0.717) is 12.8 Å². The average molecular weight is 477 g/mol. The van der Waals surface area contributed by atoms with Crippen LogP contribution in [0.15, 0.2) is 23.2 Å². The van der Waals surface area contributed by atoms with Crippen LogP contribution in [0, 0.1) is 17.6 Å². The van der Waals surface area contributed by atoms with E-state index < -0.39 is 23.7 Å². The van der Waals surface area contributed by atoms with Crippen LogP contribution in [0.25, 0.3) is 0 Å². The third-order valence-electron chi connectivity index (χ3n) is 4.16. The first kappa shape index (κ1) is 21.9. The minimum absolute atomic E-state index is 0. The molecule has 0 amide bonds. The van der Waals surface area contributed by atoms with Gasteiger partial charge >= 0.3 is 6.18 Å². The van der Waals surface area contributed by atoms with Gasteiger partial charge in [0.1, 0.15) is 11.6 Å². The molecule has 1 fully saturated rings. The Morgan fingerprint density at radius 3 is 2.60 bits per heavy atom. The van der Waals surface area contributed by atoms with E-state index in [1.54, 1.807) is 0 Å². The molecule has 0 radical (unpaired) electrons. The van der Waals surface area contributed by atoms with Gasteiger partial charge in [-0.3, -0.25) is 4.99 Å². The van der Waals surface area contributed by atoms with Crippen molar-refractivity contribution in [3.63, 3.8) is 0 Å². The Hall–Kier alpha value is -1.13. The van der Waals surface area contributed by atoms with Crippen LogP contribution in [0.3, 0.4) is 0 Å². The lowest BCUT2D eigenvalue weighted by Gasteiger charge is -2.31. The Morgan fingerprint density at radius 2 is 1.96 bits per heavy atom. The largest absolute Gasteiger partial charge is 0.391 e. The van der Waals surface area contributed by atoms with Crippen LogP contribution in [0.4, 0.5) is 22.0 Å². The van der Waals surface area contributed by atoms with Crippen LogP contribution in [0.5, 0.6) is 0 Å². The molecule has 3 nitrogen and oxygen atoms in total. The second kappa shape index (κ2) is 9.54. The van der Waals surface area contributed by atoms with Gasteiger partial charge < -0.3 is 10.6 Å². The molecule has 1 aliphatic rings. The van der Waals surface area contributed by atoms with Crippen molar-refractivity contribution < 1.29 is 22.0 Å². The second-order valence-electron chi connectivity index (χ2n) is 5.91. The van der Waals surface area contributed by atoms with Gasteiger partial charge in [0.05, 0.1) is 5.92 Å². The number of aliphatic imine (C=N–C) groups is 1. The van der Waals surface area contributed by atoms with Gasteiger partial charge in [0.2, 0.25) is 0 Å². The summed E-state index contributed by atoms with van der Waals surface area (Å²) in [6, 6.07) is 2.76. The van der Waals surface area contributed by atoms with Crippen molar-refractivity contribution in [2.45, 2.75) is 44.4 Å². The highest BCUT2D eigenvalue weighted by atomic mass is 127. The molecule has 142 valence electrons. The molecular formula is C16H21F5IN3. The number of alkyl halides is 3. The normalized spacial score (nSPS) is 21.4. The third kappa shape index (κ3) is 6.59. The van der Waals surface area contributed by atoms with Gasteiger partial charge in [0.15, 0.2) is 5.96 Å². The lowest BCUT2D eigenvalue weighted by atomic mass is 9.85. The lowest BCUT2D eigenvalue weighted by Crippen LogP contribution is -2.46. The SMILES string of the molecule is CN=C(NCc1cc(F)ccc1F)NC1CCCC(C(F)(F)F)C1.I. The van der Waals surface area contributed by atoms with E-state index in [1.165, 1.54) is 7.05 Å². The molecule has 0 spiro atoms. The molecule has 1 aromatic rings. The summed E-state index contributed by atoms with van der Waals surface area (Å²) in [5, 5.41) is 5.74. The van der Waals surface area contributed by atoms with E-state index in [4.69, 9.17) is 0 Å². The summed E-state index contributed by atoms with van der Waals surface area (Å²) in [5.74, 6) is -2.17. The summed E-state index contributed by atoms with van der Waals surface area (Å²) >= 11 is 0. The number of guanidine groups is 1. The zero-order valence-corrected chi connectivity index (χ0v) is 16.0. The fourth-order valence-electron chi connectivity index (χ4n) is 2.86. The molecule has 0 bridgehead atoms. The summed E-state index contributed by atoms with van der Waals surface area (Å²) in [7, 11) is 1.47.